The third kappa shape index (κ3) is 2.64. The molecule has 0 aliphatic heterocycles. The summed E-state index contributed by atoms with van der Waals surface area (Å²) in [7, 11) is 0. The van der Waals surface area contributed by atoms with Crippen molar-refractivity contribution in [2.24, 2.45) is 5.92 Å². The summed E-state index contributed by atoms with van der Waals surface area (Å²) in [6.45, 7) is 0. The van der Waals surface area contributed by atoms with E-state index in [0.29, 0.717) is 10.6 Å². The molecule has 0 atom stereocenters. The van der Waals surface area contributed by atoms with Crippen molar-refractivity contribution in [1.29, 1.82) is 0 Å². The van der Waals surface area contributed by atoms with Gasteiger partial charge in [0.1, 0.15) is 0 Å². The summed E-state index contributed by atoms with van der Waals surface area (Å²) < 4.78 is 37.7. The Hall–Kier alpha value is -0.740. The van der Waals surface area contributed by atoms with Gasteiger partial charge in [0.2, 0.25) is 0 Å². The Morgan fingerprint density at radius 1 is 1.17 bits per heavy atom. The second-order valence-corrected chi connectivity index (χ2v) is 5.23. The molecule has 0 aromatic heterocycles. The Morgan fingerprint density at radius 3 is 2.22 bits per heavy atom. The number of hydrogen-bond acceptors (Lipinski definition) is 1. The highest BCUT2D eigenvalue weighted by molar-refractivity contribution is 6.31. The normalized spacial score (nSPS) is 29.3. The smallest absolute Gasteiger partial charge is 0.385 e. The molecule has 1 aromatic carbocycles. The monoisotopic (exact) mass is 278 g/mol. The van der Waals surface area contributed by atoms with Crippen LogP contribution < -0.4 is 0 Å². The third-order valence-electron chi connectivity index (χ3n) is 3.65. The van der Waals surface area contributed by atoms with E-state index in [2.05, 4.69) is 0 Å². The van der Waals surface area contributed by atoms with Crippen LogP contribution in [0.4, 0.5) is 13.2 Å². The van der Waals surface area contributed by atoms with Gasteiger partial charge in [0.05, 0.1) is 11.5 Å². The molecule has 18 heavy (non-hydrogen) atoms. The van der Waals surface area contributed by atoms with E-state index < -0.39 is 17.7 Å². The Labute approximate surface area is 109 Å². The molecule has 0 saturated heterocycles. The molecule has 1 saturated carbocycles. The van der Waals surface area contributed by atoms with Gasteiger partial charge in [-0.1, -0.05) is 29.8 Å². The number of rotatable bonds is 1. The molecule has 0 amide bonds. The van der Waals surface area contributed by atoms with Gasteiger partial charge < -0.3 is 5.11 Å². The lowest BCUT2D eigenvalue weighted by molar-refractivity contribution is -0.193. The molecular weight excluding hydrogens is 265 g/mol. The Kier molecular flexibility index (Phi) is 3.60. The van der Waals surface area contributed by atoms with Crippen molar-refractivity contribution in [1.82, 2.24) is 0 Å². The molecule has 1 aromatic rings. The largest absolute Gasteiger partial charge is 0.391 e. The molecule has 0 unspecified atom stereocenters. The predicted molar refractivity (Wildman–Crippen MR) is 63.4 cm³/mol. The molecular formula is C13H14ClF3O. The molecule has 1 nitrogen and oxygen atoms in total. The molecule has 0 radical (unpaired) electrons. The molecule has 0 spiro atoms. The first kappa shape index (κ1) is 13.7. The molecule has 2 rings (SSSR count). The SMILES string of the molecule is OC1(c2ccccc2Cl)CCC(C(F)(F)F)CC1. The fourth-order valence-electron chi connectivity index (χ4n) is 2.53. The second-order valence-electron chi connectivity index (χ2n) is 4.83. The van der Waals surface area contributed by atoms with Gasteiger partial charge in [-0.15, -0.1) is 0 Å². The van der Waals surface area contributed by atoms with E-state index in [1.807, 2.05) is 0 Å². The quantitative estimate of drug-likeness (QED) is 0.813. The zero-order valence-electron chi connectivity index (χ0n) is 9.67. The highest BCUT2D eigenvalue weighted by Crippen LogP contribution is 2.46. The molecule has 1 aliphatic carbocycles. The first-order valence-electron chi connectivity index (χ1n) is 5.87. The summed E-state index contributed by atoms with van der Waals surface area (Å²) in [5, 5.41) is 10.9. The van der Waals surface area contributed by atoms with Crippen LogP contribution in [-0.2, 0) is 5.60 Å². The van der Waals surface area contributed by atoms with Crippen molar-refractivity contribution >= 4 is 11.6 Å². The van der Waals surface area contributed by atoms with Crippen LogP contribution in [0.3, 0.4) is 0 Å². The number of alkyl halides is 3. The number of hydrogen-bond donors (Lipinski definition) is 1. The maximum atomic E-state index is 12.6. The molecule has 1 fully saturated rings. The van der Waals surface area contributed by atoms with Gasteiger partial charge in [-0.2, -0.15) is 13.2 Å². The summed E-state index contributed by atoms with van der Waals surface area (Å²) >= 11 is 5.99. The van der Waals surface area contributed by atoms with Crippen LogP contribution in [0.25, 0.3) is 0 Å². The van der Waals surface area contributed by atoms with E-state index in [1.165, 1.54) is 0 Å². The summed E-state index contributed by atoms with van der Waals surface area (Å²) in [6, 6.07) is 6.78. The lowest BCUT2D eigenvalue weighted by Gasteiger charge is -2.37. The third-order valence-corrected chi connectivity index (χ3v) is 3.98. The van der Waals surface area contributed by atoms with E-state index in [0.717, 1.165) is 0 Å². The molecule has 100 valence electrons. The second kappa shape index (κ2) is 4.74. The van der Waals surface area contributed by atoms with Crippen LogP contribution in [0.1, 0.15) is 31.2 Å². The minimum atomic E-state index is -4.16. The van der Waals surface area contributed by atoms with Crippen LogP contribution in [-0.4, -0.2) is 11.3 Å². The zero-order valence-corrected chi connectivity index (χ0v) is 10.4. The van der Waals surface area contributed by atoms with Crippen molar-refractivity contribution in [3.05, 3.63) is 34.9 Å². The van der Waals surface area contributed by atoms with Gasteiger partial charge in [-0.25, -0.2) is 0 Å². The van der Waals surface area contributed by atoms with Crippen LogP contribution in [0.2, 0.25) is 5.02 Å². The van der Waals surface area contributed by atoms with Crippen LogP contribution in [0.5, 0.6) is 0 Å². The highest BCUT2D eigenvalue weighted by atomic mass is 35.5. The van der Waals surface area contributed by atoms with Gasteiger partial charge in [0, 0.05) is 10.6 Å². The molecule has 1 N–H and O–H groups in total. The minimum absolute atomic E-state index is 0.0504. The first-order valence-corrected chi connectivity index (χ1v) is 6.25. The van der Waals surface area contributed by atoms with Gasteiger partial charge in [0.15, 0.2) is 0 Å². The van der Waals surface area contributed by atoms with Crippen LogP contribution in [0, 0.1) is 5.92 Å². The van der Waals surface area contributed by atoms with E-state index in [1.54, 1.807) is 24.3 Å². The van der Waals surface area contributed by atoms with Crippen molar-refractivity contribution in [2.45, 2.75) is 37.5 Å². The van der Waals surface area contributed by atoms with Gasteiger partial charge in [0.25, 0.3) is 0 Å². The topological polar surface area (TPSA) is 20.2 Å². The van der Waals surface area contributed by atoms with Crippen molar-refractivity contribution < 1.29 is 18.3 Å². The van der Waals surface area contributed by atoms with Crippen LogP contribution >= 0.6 is 11.6 Å². The summed E-state index contributed by atoms with van der Waals surface area (Å²) in [5.74, 6) is -1.31. The number of aliphatic hydroxyl groups is 1. The summed E-state index contributed by atoms with van der Waals surface area (Å²) in [6.07, 6.45) is -4.07. The van der Waals surface area contributed by atoms with Gasteiger partial charge in [-0.3, -0.25) is 0 Å². The lowest BCUT2D eigenvalue weighted by atomic mass is 9.75. The Bertz CT molecular complexity index is 422. The Balaban J connectivity index is 2.15. The number of benzene rings is 1. The van der Waals surface area contributed by atoms with E-state index in [-0.39, 0.29) is 25.7 Å². The fraction of sp³-hybridized carbons (Fsp3) is 0.538. The van der Waals surface area contributed by atoms with Crippen molar-refractivity contribution in [3.8, 4) is 0 Å². The fourth-order valence-corrected chi connectivity index (χ4v) is 2.84. The van der Waals surface area contributed by atoms with Crippen molar-refractivity contribution in [2.75, 3.05) is 0 Å². The highest BCUT2D eigenvalue weighted by Gasteiger charge is 2.46. The van der Waals surface area contributed by atoms with E-state index in [9.17, 15) is 18.3 Å². The summed E-state index contributed by atoms with van der Waals surface area (Å²) in [4.78, 5) is 0. The minimum Gasteiger partial charge on any atom is -0.385 e. The molecule has 0 heterocycles. The average molecular weight is 279 g/mol. The van der Waals surface area contributed by atoms with E-state index in [4.69, 9.17) is 11.6 Å². The van der Waals surface area contributed by atoms with Gasteiger partial charge >= 0.3 is 6.18 Å². The number of halogens is 4. The first-order chi connectivity index (χ1) is 8.33. The molecule has 1 aliphatic rings. The van der Waals surface area contributed by atoms with E-state index >= 15 is 0 Å². The zero-order chi connectivity index (χ0) is 13.4. The standard InChI is InChI=1S/C13H14ClF3O/c14-11-4-2-1-3-10(11)12(18)7-5-9(6-8-12)13(15,16)17/h1-4,9,18H,5-8H2. The van der Waals surface area contributed by atoms with Gasteiger partial charge in [-0.05, 0) is 31.7 Å². The molecule has 5 heteroatoms. The molecule has 0 bridgehead atoms. The predicted octanol–water partition coefficient (Wildman–Crippen LogP) is 4.28. The van der Waals surface area contributed by atoms with Crippen molar-refractivity contribution in [3.63, 3.8) is 0 Å². The maximum Gasteiger partial charge on any atom is 0.391 e. The maximum absolute atomic E-state index is 12.6. The van der Waals surface area contributed by atoms with Crippen LogP contribution in [0.15, 0.2) is 24.3 Å². The summed E-state index contributed by atoms with van der Waals surface area (Å²) in [5.41, 5.74) is -0.688. The Morgan fingerprint density at radius 2 is 1.72 bits per heavy atom. The lowest BCUT2D eigenvalue weighted by Crippen LogP contribution is -2.36. The average Bonchev–Trinajstić information content (AvgIpc) is 2.28.